The number of imidazole rings is 1. The number of halogens is 1. The Kier molecular flexibility index (Phi) is 4.81. The summed E-state index contributed by atoms with van der Waals surface area (Å²) in [5, 5.41) is 0.397. The Morgan fingerprint density at radius 1 is 0.968 bits per heavy atom. The lowest BCUT2D eigenvalue weighted by molar-refractivity contribution is 0.0814. The Morgan fingerprint density at radius 3 is 2.48 bits per heavy atom. The second kappa shape index (κ2) is 7.65. The van der Waals surface area contributed by atoms with E-state index in [4.69, 9.17) is 21.3 Å². The van der Waals surface area contributed by atoms with Crippen molar-refractivity contribution in [3.8, 4) is 17.0 Å². The summed E-state index contributed by atoms with van der Waals surface area (Å²) in [5.41, 5.74) is 2.50. The summed E-state index contributed by atoms with van der Waals surface area (Å²) < 4.78 is 7.98. The quantitative estimate of drug-likeness (QED) is 0.247. The maximum absolute atomic E-state index is 13.5. The van der Waals surface area contributed by atoms with Crippen molar-refractivity contribution in [3.63, 3.8) is 0 Å². The molecule has 2 aromatic heterocycles. The van der Waals surface area contributed by atoms with Crippen LogP contribution in [0.25, 0.3) is 26.4 Å². The number of para-hydroxylation sites is 1. The predicted octanol–water partition coefficient (Wildman–Crippen LogP) is 5.94. The summed E-state index contributed by atoms with van der Waals surface area (Å²) in [5.74, 6) is -0.573. The molecule has 5 rings (SSSR count). The van der Waals surface area contributed by atoms with Crippen LogP contribution in [0, 0.1) is 0 Å². The third-order valence-corrected chi connectivity index (χ3v) is 6.28. The smallest absolute Gasteiger partial charge is 0.252 e. The predicted molar refractivity (Wildman–Crippen MR) is 123 cm³/mol. The summed E-state index contributed by atoms with van der Waals surface area (Å²) in [6.45, 7) is 0. The van der Waals surface area contributed by atoms with E-state index in [0.29, 0.717) is 21.4 Å². The maximum Gasteiger partial charge on any atom is 0.252 e. The molecule has 0 N–H and O–H groups in total. The zero-order valence-electron chi connectivity index (χ0n) is 16.3. The van der Waals surface area contributed by atoms with Crippen molar-refractivity contribution in [2.75, 3.05) is 7.11 Å². The Hall–Kier alpha value is -3.48. The van der Waals surface area contributed by atoms with Crippen molar-refractivity contribution in [1.82, 2.24) is 9.38 Å². The Balaban J connectivity index is 1.75. The number of nitrogens with zero attached hydrogens (tertiary/aromatic N) is 2. The van der Waals surface area contributed by atoms with Crippen LogP contribution in [0.4, 0.5) is 0 Å². The molecule has 0 aliphatic rings. The molecule has 0 aliphatic heterocycles. The highest BCUT2D eigenvalue weighted by atomic mass is 35.5. The average molecular weight is 447 g/mol. The number of carbonyl (C=O) groups is 2. The third-order valence-electron chi connectivity index (χ3n) is 5.03. The first-order valence-corrected chi connectivity index (χ1v) is 10.7. The Bertz CT molecular complexity index is 1470. The van der Waals surface area contributed by atoms with Crippen LogP contribution in [-0.2, 0) is 0 Å². The molecule has 0 radical (unpaired) electrons. The van der Waals surface area contributed by atoms with Crippen molar-refractivity contribution in [1.29, 1.82) is 0 Å². The van der Waals surface area contributed by atoms with Gasteiger partial charge in [0, 0.05) is 16.1 Å². The van der Waals surface area contributed by atoms with Gasteiger partial charge in [-0.05, 0) is 48.5 Å². The summed E-state index contributed by atoms with van der Waals surface area (Å²) in [6, 6.07) is 21.4. The van der Waals surface area contributed by atoms with E-state index in [0.717, 1.165) is 15.8 Å². The fraction of sp³-hybridized carbons (Fsp3) is 0.0417. The number of carbonyl (C=O) groups excluding carboxylic acids is 2. The van der Waals surface area contributed by atoms with Crippen LogP contribution in [0.15, 0.2) is 72.8 Å². The lowest BCUT2D eigenvalue weighted by Gasteiger charge is -2.06. The van der Waals surface area contributed by atoms with E-state index < -0.39 is 11.6 Å². The molecule has 3 aromatic carbocycles. The number of thiazole rings is 1. The minimum Gasteiger partial charge on any atom is -0.497 e. The number of aromatic nitrogens is 2. The first-order valence-electron chi connectivity index (χ1n) is 9.46. The lowest BCUT2D eigenvalue weighted by atomic mass is 10.0. The molecule has 5 nitrogen and oxygen atoms in total. The minimum absolute atomic E-state index is 0.239. The van der Waals surface area contributed by atoms with Crippen molar-refractivity contribution in [3.05, 3.63) is 89.1 Å². The molecule has 0 aliphatic carbocycles. The molecule has 0 atom stereocenters. The van der Waals surface area contributed by atoms with Gasteiger partial charge < -0.3 is 4.74 Å². The van der Waals surface area contributed by atoms with Gasteiger partial charge in [0.1, 0.15) is 17.1 Å². The molecular weight excluding hydrogens is 432 g/mol. The van der Waals surface area contributed by atoms with Gasteiger partial charge in [0.15, 0.2) is 4.96 Å². The highest BCUT2D eigenvalue weighted by Crippen LogP contribution is 2.34. The summed E-state index contributed by atoms with van der Waals surface area (Å²) >= 11 is 7.51. The van der Waals surface area contributed by atoms with Gasteiger partial charge >= 0.3 is 0 Å². The molecule has 0 unspecified atom stereocenters. The monoisotopic (exact) mass is 446 g/mol. The molecule has 0 amide bonds. The van der Waals surface area contributed by atoms with Crippen LogP contribution in [0.5, 0.6) is 5.75 Å². The standard InChI is InChI=1S/C24H15ClN2O3S/c1-30-17-11-9-14(10-12-17)20-21(23(29)22(28)15-5-4-6-16(25)13-15)27-18-7-2-3-8-19(18)31-24(27)26-20/h2-13H,1H3. The molecule has 0 bridgehead atoms. The van der Waals surface area contributed by atoms with Crippen LogP contribution >= 0.6 is 22.9 Å². The van der Waals surface area contributed by atoms with E-state index in [9.17, 15) is 9.59 Å². The molecule has 0 saturated carbocycles. The number of hydrogen-bond donors (Lipinski definition) is 0. The average Bonchev–Trinajstić information content (AvgIpc) is 3.34. The van der Waals surface area contributed by atoms with E-state index >= 15 is 0 Å². The van der Waals surface area contributed by atoms with Crippen LogP contribution in [0.1, 0.15) is 20.8 Å². The highest BCUT2D eigenvalue weighted by molar-refractivity contribution is 7.23. The second-order valence-corrected chi connectivity index (χ2v) is 8.34. The summed E-state index contributed by atoms with van der Waals surface area (Å²) in [4.78, 5) is 32.0. The van der Waals surface area contributed by atoms with Crippen molar-refractivity contribution < 1.29 is 14.3 Å². The first-order chi connectivity index (χ1) is 15.1. The molecule has 7 heteroatoms. The number of benzene rings is 3. The molecular formula is C24H15ClN2O3S. The van der Waals surface area contributed by atoms with E-state index in [1.54, 1.807) is 41.8 Å². The van der Waals surface area contributed by atoms with Gasteiger partial charge in [-0.1, -0.05) is 47.2 Å². The number of methoxy groups -OCH3 is 1. The van der Waals surface area contributed by atoms with Crippen LogP contribution < -0.4 is 4.74 Å². The first kappa shape index (κ1) is 19.5. The molecule has 31 heavy (non-hydrogen) atoms. The van der Waals surface area contributed by atoms with Gasteiger partial charge in [0.2, 0.25) is 5.78 Å². The molecule has 0 spiro atoms. The van der Waals surface area contributed by atoms with E-state index in [2.05, 4.69) is 0 Å². The van der Waals surface area contributed by atoms with Crippen LogP contribution in [-0.4, -0.2) is 28.1 Å². The van der Waals surface area contributed by atoms with Crippen LogP contribution in [0.2, 0.25) is 5.02 Å². The number of Topliss-reactive ketones (excluding diaryl/α,β-unsaturated/α-hetero) is 2. The van der Waals surface area contributed by atoms with Crippen molar-refractivity contribution >= 4 is 49.7 Å². The minimum atomic E-state index is -0.635. The van der Waals surface area contributed by atoms with E-state index in [1.165, 1.54) is 17.4 Å². The van der Waals surface area contributed by atoms with Gasteiger partial charge in [-0.25, -0.2) is 4.98 Å². The topological polar surface area (TPSA) is 60.7 Å². The Labute approximate surface area is 186 Å². The number of rotatable bonds is 5. The van der Waals surface area contributed by atoms with Crippen molar-refractivity contribution in [2.24, 2.45) is 0 Å². The normalized spacial score (nSPS) is 11.2. The van der Waals surface area contributed by atoms with Gasteiger partial charge in [0.05, 0.1) is 17.3 Å². The number of hydrogen-bond acceptors (Lipinski definition) is 5. The second-order valence-electron chi connectivity index (χ2n) is 6.89. The third kappa shape index (κ3) is 3.30. The number of fused-ring (bicyclic) bond motifs is 3. The zero-order chi connectivity index (χ0) is 21.5. The van der Waals surface area contributed by atoms with Gasteiger partial charge in [0.25, 0.3) is 5.78 Å². The molecule has 152 valence electrons. The molecule has 2 heterocycles. The summed E-state index contributed by atoms with van der Waals surface area (Å²) in [6.07, 6.45) is 0. The van der Waals surface area contributed by atoms with Gasteiger partial charge in [-0.3, -0.25) is 14.0 Å². The van der Waals surface area contributed by atoms with E-state index in [1.807, 2.05) is 36.4 Å². The Morgan fingerprint density at radius 2 is 1.74 bits per heavy atom. The SMILES string of the molecule is COc1ccc(-c2nc3sc4ccccc4n3c2C(=O)C(=O)c2cccc(Cl)c2)cc1. The maximum atomic E-state index is 13.5. The number of ether oxygens (including phenoxy) is 1. The zero-order valence-corrected chi connectivity index (χ0v) is 17.9. The molecule has 0 saturated heterocycles. The van der Waals surface area contributed by atoms with E-state index in [-0.39, 0.29) is 11.3 Å². The van der Waals surface area contributed by atoms with Gasteiger partial charge in [-0.2, -0.15) is 0 Å². The lowest BCUT2D eigenvalue weighted by Crippen LogP contribution is -2.17. The van der Waals surface area contributed by atoms with Gasteiger partial charge in [-0.15, -0.1) is 0 Å². The van der Waals surface area contributed by atoms with Crippen molar-refractivity contribution in [2.45, 2.75) is 0 Å². The number of ketones is 2. The molecule has 0 fully saturated rings. The highest BCUT2D eigenvalue weighted by Gasteiger charge is 2.29. The fourth-order valence-electron chi connectivity index (χ4n) is 3.55. The summed E-state index contributed by atoms with van der Waals surface area (Å²) in [7, 11) is 1.59. The fourth-order valence-corrected chi connectivity index (χ4v) is 4.76. The van der Waals surface area contributed by atoms with Crippen LogP contribution in [0.3, 0.4) is 0 Å². The largest absolute Gasteiger partial charge is 0.497 e. The molecule has 5 aromatic rings.